The minimum absolute atomic E-state index is 0. The minimum atomic E-state index is 0. The fourth-order valence-electron chi connectivity index (χ4n) is 0. The summed E-state index contributed by atoms with van der Waals surface area (Å²) in [4.78, 5) is 0. The van der Waals surface area contributed by atoms with E-state index >= 15 is 0 Å². The van der Waals surface area contributed by atoms with Crippen LogP contribution in [0.3, 0.4) is 0 Å². The van der Waals surface area contributed by atoms with E-state index in [4.69, 9.17) is 0 Å². The summed E-state index contributed by atoms with van der Waals surface area (Å²) >= 11 is 0. The summed E-state index contributed by atoms with van der Waals surface area (Å²) in [5.41, 5.74) is 0. The van der Waals surface area contributed by atoms with Crippen LogP contribution in [-0.4, -0.2) is 27.3 Å². The molecule has 0 aromatic rings. The monoisotopic (exact) mass is 811 g/mol. The maximum atomic E-state index is 0. The van der Waals surface area contributed by atoms with Crippen LogP contribution in [-0.2, 0) is 83.0 Å². The van der Waals surface area contributed by atoms with E-state index in [1.807, 2.05) is 0 Å². The standard InChI is InChI=1S/3Hg.Tl. The van der Waals surface area contributed by atoms with E-state index in [9.17, 15) is 0 Å². The van der Waals surface area contributed by atoms with Crippen LogP contribution in [0.1, 0.15) is 0 Å². The Morgan fingerprint density at radius 3 is 0.500 bits per heavy atom. The maximum Gasteiger partial charge on any atom is 0 e. The van der Waals surface area contributed by atoms with Crippen molar-refractivity contribution < 1.29 is 83.0 Å². The molecule has 0 unspecified atom stereocenters. The van der Waals surface area contributed by atoms with Crippen molar-refractivity contribution in [3.63, 3.8) is 0 Å². The van der Waals surface area contributed by atoms with Crippen LogP contribution < -0.4 is 0 Å². The zero-order valence-corrected chi connectivity index (χ0v) is 23.7. The molecule has 9 valence electrons. The second-order valence-electron chi connectivity index (χ2n) is 0. The Bertz CT molecular complexity index is 3.25. The SMILES string of the molecule is [Hg].[Hg].[Hg].[Tl]. The Morgan fingerprint density at radius 2 is 0.500 bits per heavy atom. The summed E-state index contributed by atoms with van der Waals surface area (Å²) in [6.07, 6.45) is 0. The van der Waals surface area contributed by atoms with Crippen LogP contribution in [0.5, 0.6) is 0 Å². The van der Waals surface area contributed by atoms with E-state index in [1.54, 1.807) is 0 Å². The predicted octanol–water partition coefficient (Wildman–Crippen LogP) is -0.388. The fourth-order valence-corrected chi connectivity index (χ4v) is 0. The first-order valence-corrected chi connectivity index (χ1v) is 0. The van der Waals surface area contributed by atoms with Gasteiger partial charge in [0, 0.05) is 110 Å². The average molecular weight is 806 g/mol. The third-order valence-electron chi connectivity index (χ3n) is 0. The second-order valence-corrected chi connectivity index (χ2v) is 0. The fraction of sp³-hybridized carbons (Fsp3) is 0. The molecule has 0 nitrogen and oxygen atoms in total. The molecule has 0 aliphatic heterocycles. The van der Waals surface area contributed by atoms with Gasteiger partial charge in [-0.15, -0.1) is 0 Å². The van der Waals surface area contributed by atoms with E-state index in [2.05, 4.69) is 0 Å². The van der Waals surface area contributed by atoms with Crippen molar-refractivity contribution in [1.82, 2.24) is 0 Å². The molecule has 0 spiro atoms. The molecule has 0 fully saturated rings. The minimum Gasteiger partial charge on any atom is 0 e. The first kappa shape index (κ1) is 25.2. The molecule has 0 bridgehead atoms. The first-order valence-electron chi connectivity index (χ1n) is 0. The van der Waals surface area contributed by atoms with Gasteiger partial charge in [-0.05, 0) is 0 Å². The van der Waals surface area contributed by atoms with Crippen LogP contribution in [0.25, 0.3) is 0 Å². The molecule has 0 aromatic carbocycles. The molecule has 4 heavy (non-hydrogen) atoms. The maximum absolute atomic E-state index is 0. The molecule has 0 rings (SSSR count). The van der Waals surface area contributed by atoms with E-state index in [1.165, 1.54) is 0 Å². The van der Waals surface area contributed by atoms with Gasteiger partial charge in [0.05, 0.1) is 0 Å². The molecule has 0 saturated heterocycles. The van der Waals surface area contributed by atoms with E-state index in [0.29, 0.717) is 0 Å². The molecule has 0 aromatic heterocycles. The van der Waals surface area contributed by atoms with Gasteiger partial charge in [0.15, 0.2) is 0 Å². The molecule has 0 aliphatic rings. The Kier molecular flexibility index (Phi) is 100.0. The molecule has 0 amide bonds. The summed E-state index contributed by atoms with van der Waals surface area (Å²) in [5.74, 6) is 0. The van der Waals surface area contributed by atoms with Crippen LogP contribution in [0, 0.1) is 0 Å². The van der Waals surface area contributed by atoms with Crippen molar-refractivity contribution in [2.24, 2.45) is 0 Å². The zero-order valence-electron chi connectivity index (χ0n) is 2.70. The van der Waals surface area contributed by atoms with E-state index in [-0.39, 0.29) is 110 Å². The largest absolute Gasteiger partial charge is 0 e. The molecular formula is Hg3Tl. The van der Waals surface area contributed by atoms with Crippen molar-refractivity contribution >= 4 is 27.3 Å². The normalized spacial score (nSPS) is 0. The summed E-state index contributed by atoms with van der Waals surface area (Å²) in [5, 5.41) is 0. The summed E-state index contributed by atoms with van der Waals surface area (Å²) in [6.45, 7) is 0. The average Bonchev–Trinajstić information content (AvgIpc) is 0. The summed E-state index contributed by atoms with van der Waals surface area (Å²) < 4.78 is 0. The van der Waals surface area contributed by atoms with Crippen molar-refractivity contribution in [2.45, 2.75) is 0 Å². The smallest absolute Gasteiger partial charge is 0 e. The molecule has 0 heterocycles. The molecular weight excluding hydrogens is 806 g/mol. The molecule has 0 atom stereocenters. The van der Waals surface area contributed by atoms with Crippen molar-refractivity contribution in [3.05, 3.63) is 0 Å². The van der Waals surface area contributed by atoms with Crippen molar-refractivity contribution in [1.29, 1.82) is 0 Å². The van der Waals surface area contributed by atoms with Gasteiger partial charge >= 0.3 is 0 Å². The van der Waals surface area contributed by atoms with Gasteiger partial charge in [-0.2, -0.15) is 0 Å². The van der Waals surface area contributed by atoms with Crippen LogP contribution in [0.4, 0.5) is 0 Å². The third kappa shape index (κ3) is 9.21. The van der Waals surface area contributed by atoms with Gasteiger partial charge in [0.1, 0.15) is 0 Å². The predicted molar refractivity (Wildman–Crippen MR) is 5.75 cm³/mol. The molecule has 4 heteroatoms. The van der Waals surface area contributed by atoms with E-state index < -0.39 is 0 Å². The molecule has 0 aliphatic carbocycles. The molecule has 0 N–H and O–H groups in total. The Labute approximate surface area is 108 Å². The number of hydrogen-bond donors (Lipinski definition) is 0. The summed E-state index contributed by atoms with van der Waals surface area (Å²) in [6, 6.07) is 0. The van der Waals surface area contributed by atoms with Crippen LogP contribution in [0.15, 0.2) is 0 Å². The second kappa shape index (κ2) is 15.9. The van der Waals surface area contributed by atoms with Crippen LogP contribution in [0.2, 0.25) is 0 Å². The molecule has 1 radical (unpaired) electrons. The number of rotatable bonds is 0. The third-order valence-corrected chi connectivity index (χ3v) is 0. The zero-order chi connectivity index (χ0) is 0. The van der Waals surface area contributed by atoms with Crippen LogP contribution >= 0.6 is 0 Å². The Balaban J connectivity index is 0. The van der Waals surface area contributed by atoms with Gasteiger partial charge in [0.25, 0.3) is 0 Å². The Morgan fingerprint density at radius 1 is 0.500 bits per heavy atom. The quantitative estimate of drug-likeness (QED) is 0.294. The number of hydrogen-bond acceptors (Lipinski definition) is 0. The van der Waals surface area contributed by atoms with Crippen molar-refractivity contribution in [3.8, 4) is 0 Å². The Hall–Kier alpha value is 3.73. The van der Waals surface area contributed by atoms with Gasteiger partial charge in [-0.3, -0.25) is 0 Å². The van der Waals surface area contributed by atoms with Gasteiger partial charge in [-0.1, -0.05) is 0 Å². The van der Waals surface area contributed by atoms with Gasteiger partial charge in [0.2, 0.25) is 0 Å². The first-order chi connectivity index (χ1) is 0. The topological polar surface area (TPSA) is 0 Å². The van der Waals surface area contributed by atoms with Gasteiger partial charge < -0.3 is 0 Å². The van der Waals surface area contributed by atoms with E-state index in [0.717, 1.165) is 0 Å². The summed E-state index contributed by atoms with van der Waals surface area (Å²) in [7, 11) is 0. The van der Waals surface area contributed by atoms with Crippen molar-refractivity contribution in [2.75, 3.05) is 0 Å². The molecule has 0 saturated carbocycles. The van der Waals surface area contributed by atoms with Gasteiger partial charge in [-0.25, -0.2) is 0 Å².